The van der Waals surface area contributed by atoms with Crippen LogP contribution in [0.1, 0.15) is 11.5 Å². The minimum Gasteiger partial charge on any atom is -0.468 e. The highest BCUT2D eigenvalue weighted by Crippen LogP contribution is 2.30. The van der Waals surface area contributed by atoms with E-state index in [1.54, 1.807) is 0 Å². The van der Waals surface area contributed by atoms with E-state index in [1.807, 2.05) is 0 Å². The van der Waals surface area contributed by atoms with Gasteiger partial charge in [-0.3, -0.25) is 19.7 Å². The molecule has 0 saturated carbocycles. The summed E-state index contributed by atoms with van der Waals surface area (Å²) in [6.45, 7) is 0. The van der Waals surface area contributed by atoms with E-state index < -0.39 is 22.8 Å². The summed E-state index contributed by atoms with van der Waals surface area (Å²) in [4.78, 5) is 33.2. The Morgan fingerprint density at radius 1 is 1.26 bits per heavy atom. The molecule has 19 heavy (non-hydrogen) atoms. The van der Waals surface area contributed by atoms with E-state index in [-0.39, 0.29) is 15.7 Å². The number of nitrogens with zero attached hydrogens (tertiary/aromatic N) is 1. The lowest BCUT2D eigenvalue weighted by Crippen LogP contribution is -2.24. The van der Waals surface area contributed by atoms with E-state index in [0.29, 0.717) is 0 Å². The van der Waals surface area contributed by atoms with Crippen molar-refractivity contribution in [1.82, 2.24) is 0 Å². The molecule has 7 nitrogen and oxygen atoms in total. The maximum Gasteiger partial charge on any atom is 0.324 e. The number of ether oxygens (including phenoxy) is 2. The predicted molar refractivity (Wildman–Crippen MR) is 67.6 cm³/mol. The SMILES string of the molecule is COC(=O)C(C(=O)OC)c1ccc([N+](=O)[O-])cc1Br. The first-order chi connectivity index (χ1) is 8.92. The Morgan fingerprint density at radius 2 is 1.79 bits per heavy atom. The minimum atomic E-state index is -1.29. The van der Waals surface area contributed by atoms with Gasteiger partial charge in [0.15, 0.2) is 5.92 Å². The van der Waals surface area contributed by atoms with Crippen LogP contribution in [0, 0.1) is 10.1 Å². The van der Waals surface area contributed by atoms with Gasteiger partial charge >= 0.3 is 11.9 Å². The fraction of sp³-hybridized carbons (Fsp3) is 0.273. The zero-order valence-corrected chi connectivity index (χ0v) is 11.7. The van der Waals surface area contributed by atoms with Crippen LogP contribution in [0.3, 0.4) is 0 Å². The van der Waals surface area contributed by atoms with E-state index in [1.165, 1.54) is 18.2 Å². The normalized spacial score (nSPS) is 10.1. The van der Waals surface area contributed by atoms with E-state index in [2.05, 4.69) is 25.4 Å². The summed E-state index contributed by atoms with van der Waals surface area (Å²) in [5, 5.41) is 10.6. The van der Waals surface area contributed by atoms with Gasteiger partial charge in [0, 0.05) is 16.6 Å². The molecule has 0 fully saturated rings. The van der Waals surface area contributed by atoms with E-state index in [4.69, 9.17) is 0 Å². The number of methoxy groups -OCH3 is 2. The zero-order valence-electron chi connectivity index (χ0n) is 10.1. The number of rotatable bonds is 4. The van der Waals surface area contributed by atoms with Crippen molar-refractivity contribution >= 4 is 33.6 Å². The smallest absolute Gasteiger partial charge is 0.324 e. The van der Waals surface area contributed by atoms with Gasteiger partial charge in [0.1, 0.15) is 0 Å². The van der Waals surface area contributed by atoms with Crippen LogP contribution in [0.25, 0.3) is 0 Å². The summed E-state index contributed by atoms with van der Waals surface area (Å²) < 4.78 is 9.31. The first-order valence-electron chi connectivity index (χ1n) is 5.01. The van der Waals surface area contributed by atoms with Crippen LogP contribution < -0.4 is 0 Å². The molecule has 0 amide bonds. The topological polar surface area (TPSA) is 95.7 Å². The van der Waals surface area contributed by atoms with Gasteiger partial charge in [-0.15, -0.1) is 0 Å². The molecule has 0 aliphatic heterocycles. The van der Waals surface area contributed by atoms with Gasteiger partial charge in [-0.05, 0) is 11.6 Å². The molecule has 8 heteroatoms. The average Bonchev–Trinajstić information content (AvgIpc) is 2.39. The van der Waals surface area contributed by atoms with Crippen LogP contribution in [0.5, 0.6) is 0 Å². The summed E-state index contributed by atoms with van der Waals surface area (Å²) >= 11 is 3.09. The number of nitro benzene ring substituents is 1. The molecule has 0 bridgehead atoms. The lowest BCUT2D eigenvalue weighted by atomic mass is 9.99. The highest BCUT2D eigenvalue weighted by molar-refractivity contribution is 9.10. The summed E-state index contributed by atoms with van der Waals surface area (Å²) in [6.07, 6.45) is 0. The van der Waals surface area contributed by atoms with Crippen molar-refractivity contribution in [2.75, 3.05) is 14.2 Å². The van der Waals surface area contributed by atoms with E-state index >= 15 is 0 Å². The molecule has 1 rings (SSSR count). The molecule has 0 radical (unpaired) electrons. The Hall–Kier alpha value is -1.96. The number of nitro groups is 1. The van der Waals surface area contributed by atoms with Crippen molar-refractivity contribution in [2.24, 2.45) is 0 Å². The van der Waals surface area contributed by atoms with Gasteiger partial charge in [0.05, 0.1) is 19.1 Å². The molecule has 0 heterocycles. The van der Waals surface area contributed by atoms with Gasteiger partial charge in [-0.25, -0.2) is 0 Å². The Kier molecular flexibility index (Phi) is 4.99. The lowest BCUT2D eigenvalue weighted by molar-refractivity contribution is -0.384. The van der Waals surface area contributed by atoms with Crippen LogP contribution in [0.2, 0.25) is 0 Å². The quantitative estimate of drug-likeness (QED) is 0.361. The van der Waals surface area contributed by atoms with Gasteiger partial charge in [-0.2, -0.15) is 0 Å². The molecule has 1 aromatic rings. The second-order valence-electron chi connectivity index (χ2n) is 3.44. The lowest BCUT2D eigenvalue weighted by Gasteiger charge is -2.14. The number of carbonyl (C=O) groups excluding carboxylic acids is 2. The van der Waals surface area contributed by atoms with Crippen LogP contribution in [-0.4, -0.2) is 31.1 Å². The Balaban J connectivity index is 3.27. The minimum absolute atomic E-state index is 0.163. The van der Waals surface area contributed by atoms with Crippen molar-refractivity contribution in [1.29, 1.82) is 0 Å². The second kappa shape index (κ2) is 6.28. The summed E-state index contributed by atoms with van der Waals surface area (Å²) in [7, 11) is 2.27. The number of carbonyl (C=O) groups is 2. The highest BCUT2D eigenvalue weighted by Gasteiger charge is 2.32. The standard InChI is InChI=1S/C11H10BrNO6/c1-18-10(14)9(11(15)19-2)7-4-3-6(13(16)17)5-8(7)12/h3-5,9H,1-2H3. The van der Waals surface area contributed by atoms with Crippen LogP contribution in [0.4, 0.5) is 5.69 Å². The van der Waals surface area contributed by atoms with Gasteiger partial charge in [0.2, 0.25) is 0 Å². The first-order valence-corrected chi connectivity index (χ1v) is 5.81. The molecule has 0 atom stereocenters. The molecule has 0 aliphatic carbocycles. The largest absolute Gasteiger partial charge is 0.468 e. The third-order valence-corrected chi connectivity index (χ3v) is 3.07. The molecule has 0 saturated heterocycles. The third kappa shape index (κ3) is 3.28. The average molecular weight is 332 g/mol. The van der Waals surface area contributed by atoms with Gasteiger partial charge in [-0.1, -0.05) is 15.9 Å². The monoisotopic (exact) mass is 331 g/mol. The molecule has 0 spiro atoms. The zero-order chi connectivity index (χ0) is 14.6. The number of esters is 2. The molecular formula is C11H10BrNO6. The van der Waals surface area contributed by atoms with E-state index in [9.17, 15) is 19.7 Å². The Bertz CT molecular complexity index is 514. The Morgan fingerprint density at radius 3 is 2.16 bits per heavy atom. The van der Waals surface area contributed by atoms with Crippen molar-refractivity contribution in [3.63, 3.8) is 0 Å². The second-order valence-corrected chi connectivity index (χ2v) is 4.30. The van der Waals surface area contributed by atoms with Crippen LogP contribution in [-0.2, 0) is 19.1 Å². The molecule has 0 aliphatic rings. The van der Waals surface area contributed by atoms with Gasteiger partial charge < -0.3 is 9.47 Å². The predicted octanol–water partition coefficient (Wildman–Crippen LogP) is 1.79. The number of halogens is 1. The first kappa shape index (κ1) is 15.1. The van der Waals surface area contributed by atoms with E-state index in [0.717, 1.165) is 14.2 Å². The fourth-order valence-corrected chi connectivity index (χ4v) is 2.05. The summed E-state index contributed by atoms with van der Waals surface area (Å²) in [6, 6.07) is 3.70. The number of benzene rings is 1. The Labute approximate surface area is 116 Å². The van der Waals surface area contributed by atoms with Crippen LogP contribution >= 0.6 is 15.9 Å². The number of hydrogen-bond donors (Lipinski definition) is 0. The highest BCUT2D eigenvalue weighted by atomic mass is 79.9. The van der Waals surface area contributed by atoms with Gasteiger partial charge in [0.25, 0.3) is 5.69 Å². The molecule has 0 unspecified atom stereocenters. The number of non-ortho nitro benzene ring substituents is 1. The molecular weight excluding hydrogens is 322 g/mol. The fourth-order valence-electron chi connectivity index (χ4n) is 1.45. The summed E-state index contributed by atoms with van der Waals surface area (Å²) in [5.74, 6) is -2.90. The third-order valence-electron chi connectivity index (χ3n) is 2.38. The summed E-state index contributed by atoms with van der Waals surface area (Å²) in [5.41, 5.74) is 0.0772. The molecule has 0 N–H and O–H groups in total. The van der Waals surface area contributed by atoms with Crippen molar-refractivity contribution in [3.8, 4) is 0 Å². The van der Waals surface area contributed by atoms with Crippen LogP contribution in [0.15, 0.2) is 22.7 Å². The van der Waals surface area contributed by atoms with Crippen molar-refractivity contribution < 1.29 is 24.0 Å². The number of hydrogen-bond acceptors (Lipinski definition) is 6. The molecule has 102 valence electrons. The maximum absolute atomic E-state index is 11.6. The molecule has 0 aromatic heterocycles. The maximum atomic E-state index is 11.6. The van der Waals surface area contributed by atoms with Crippen molar-refractivity contribution in [3.05, 3.63) is 38.3 Å². The van der Waals surface area contributed by atoms with Crippen molar-refractivity contribution in [2.45, 2.75) is 5.92 Å². The molecule has 1 aromatic carbocycles.